The second kappa shape index (κ2) is 8.99. The number of urea groups is 1. The molecule has 0 spiro atoms. The Kier molecular flexibility index (Phi) is 5.78. The largest absolute Gasteiger partial charge is 0.340 e. The lowest BCUT2D eigenvalue weighted by Gasteiger charge is -2.08. The van der Waals surface area contributed by atoms with Crippen LogP contribution < -0.4 is 16.0 Å². The minimum absolute atomic E-state index is 0.272. The number of carbonyl (C=O) groups excluding carboxylic acids is 1. The molecule has 2 aromatic carbocycles. The molecule has 4 aromatic rings. The topological polar surface area (TPSA) is 94.7 Å². The third-order valence-electron chi connectivity index (χ3n) is 4.43. The zero-order chi connectivity index (χ0) is 19.9. The molecule has 0 aliphatic rings. The van der Waals surface area contributed by atoms with Gasteiger partial charge in [-0.3, -0.25) is 4.98 Å². The Morgan fingerprint density at radius 1 is 0.897 bits per heavy atom. The number of aromatic nitrogens is 3. The van der Waals surface area contributed by atoms with Crippen LogP contribution in [0.4, 0.5) is 10.5 Å². The van der Waals surface area contributed by atoms with Crippen LogP contribution in [0.15, 0.2) is 72.9 Å². The monoisotopic (exact) mass is 386 g/mol. The van der Waals surface area contributed by atoms with Crippen LogP contribution in [0.3, 0.4) is 0 Å². The molecule has 146 valence electrons. The van der Waals surface area contributed by atoms with Crippen molar-refractivity contribution in [2.45, 2.75) is 19.6 Å². The van der Waals surface area contributed by atoms with Crippen molar-refractivity contribution in [2.24, 2.45) is 0 Å². The van der Waals surface area contributed by atoms with Crippen molar-refractivity contribution in [3.63, 3.8) is 0 Å². The third kappa shape index (κ3) is 5.18. The van der Waals surface area contributed by atoms with Crippen LogP contribution in [0.25, 0.3) is 11.0 Å². The molecule has 2 aromatic heterocycles. The summed E-state index contributed by atoms with van der Waals surface area (Å²) in [4.78, 5) is 24.0. The summed E-state index contributed by atoms with van der Waals surface area (Å²) in [6.45, 7) is 1.77. The predicted octanol–water partition coefficient (Wildman–Crippen LogP) is 3.57. The summed E-state index contributed by atoms with van der Waals surface area (Å²) in [5, 5.41) is 9.00. The van der Waals surface area contributed by atoms with Gasteiger partial charge in [0.2, 0.25) is 0 Å². The first-order chi connectivity index (χ1) is 14.3. The van der Waals surface area contributed by atoms with Crippen LogP contribution in [0.2, 0.25) is 0 Å². The van der Waals surface area contributed by atoms with Crippen LogP contribution in [0.5, 0.6) is 0 Å². The average Bonchev–Trinajstić information content (AvgIpc) is 3.17. The SMILES string of the molecule is O=C(NCc1nc2ccccc2[nH]1)Nc1ccc(CNCc2ccccn2)cc1. The number of nitrogens with zero attached hydrogens (tertiary/aromatic N) is 2. The second-order valence-electron chi connectivity index (χ2n) is 6.63. The molecule has 0 radical (unpaired) electrons. The Balaban J connectivity index is 1.23. The van der Waals surface area contributed by atoms with E-state index in [9.17, 15) is 4.79 Å². The van der Waals surface area contributed by atoms with E-state index in [4.69, 9.17) is 0 Å². The molecule has 0 unspecified atom stereocenters. The maximum absolute atomic E-state index is 12.1. The van der Waals surface area contributed by atoms with Crippen molar-refractivity contribution in [3.8, 4) is 0 Å². The molecule has 2 heterocycles. The number of hydrogen-bond acceptors (Lipinski definition) is 4. The minimum atomic E-state index is -0.272. The predicted molar refractivity (Wildman–Crippen MR) is 113 cm³/mol. The van der Waals surface area contributed by atoms with E-state index in [1.807, 2.05) is 66.7 Å². The first kappa shape index (κ1) is 18.6. The number of benzene rings is 2. The number of imidazole rings is 1. The number of fused-ring (bicyclic) bond motifs is 1. The number of nitrogens with one attached hydrogen (secondary N) is 4. The van der Waals surface area contributed by atoms with E-state index in [0.29, 0.717) is 13.1 Å². The molecule has 0 aliphatic heterocycles. The molecule has 2 amide bonds. The molecular weight excluding hydrogens is 364 g/mol. The van der Waals surface area contributed by atoms with Gasteiger partial charge in [-0.1, -0.05) is 30.3 Å². The Bertz CT molecular complexity index is 1040. The van der Waals surface area contributed by atoms with Gasteiger partial charge in [0, 0.05) is 25.0 Å². The summed E-state index contributed by atoms with van der Waals surface area (Å²) in [7, 11) is 0. The maximum atomic E-state index is 12.1. The van der Waals surface area contributed by atoms with Gasteiger partial charge in [0.25, 0.3) is 0 Å². The van der Waals surface area contributed by atoms with Crippen molar-refractivity contribution in [3.05, 3.63) is 90.0 Å². The Labute approximate surface area is 168 Å². The number of anilines is 1. The van der Waals surface area contributed by atoms with Gasteiger partial charge in [0.05, 0.1) is 23.3 Å². The van der Waals surface area contributed by atoms with E-state index in [1.165, 1.54) is 0 Å². The first-order valence-corrected chi connectivity index (χ1v) is 9.44. The van der Waals surface area contributed by atoms with E-state index in [2.05, 4.69) is 30.9 Å². The number of carbonyl (C=O) groups is 1. The molecule has 0 aliphatic carbocycles. The highest BCUT2D eigenvalue weighted by Crippen LogP contribution is 2.11. The Morgan fingerprint density at radius 3 is 2.52 bits per heavy atom. The fourth-order valence-corrected chi connectivity index (χ4v) is 2.97. The molecular formula is C22H22N6O. The molecule has 0 atom stereocenters. The van der Waals surface area contributed by atoms with Gasteiger partial charge in [0.1, 0.15) is 5.82 Å². The highest BCUT2D eigenvalue weighted by atomic mass is 16.2. The molecule has 7 heteroatoms. The van der Waals surface area contributed by atoms with Crippen molar-refractivity contribution in [1.29, 1.82) is 0 Å². The third-order valence-corrected chi connectivity index (χ3v) is 4.43. The number of rotatable bonds is 7. The van der Waals surface area contributed by atoms with Crippen LogP contribution in [0, 0.1) is 0 Å². The highest BCUT2D eigenvalue weighted by molar-refractivity contribution is 5.89. The van der Waals surface area contributed by atoms with Gasteiger partial charge >= 0.3 is 6.03 Å². The van der Waals surface area contributed by atoms with Crippen LogP contribution in [0.1, 0.15) is 17.1 Å². The summed E-state index contributed by atoms with van der Waals surface area (Å²) in [5.41, 5.74) is 4.72. The zero-order valence-corrected chi connectivity index (χ0v) is 15.9. The lowest BCUT2D eigenvalue weighted by Crippen LogP contribution is -2.28. The van der Waals surface area contributed by atoms with Gasteiger partial charge in [-0.15, -0.1) is 0 Å². The molecule has 4 N–H and O–H groups in total. The lowest BCUT2D eigenvalue weighted by atomic mass is 10.2. The normalized spacial score (nSPS) is 10.8. The summed E-state index contributed by atoms with van der Waals surface area (Å²) < 4.78 is 0. The van der Waals surface area contributed by atoms with E-state index in [0.717, 1.165) is 40.3 Å². The van der Waals surface area contributed by atoms with Crippen molar-refractivity contribution in [2.75, 3.05) is 5.32 Å². The van der Waals surface area contributed by atoms with Crippen LogP contribution in [-0.2, 0) is 19.6 Å². The quantitative estimate of drug-likeness (QED) is 0.391. The number of para-hydroxylation sites is 2. The first-order valence-electron chi connectivity index (χ1n) is 9.44. The molecule has 0 saturated heterocycles. The molecule has 0 fully saturated rings. The van der Waals surface area contributed by atoms with Crippen LogP contribution in [-0.4, -0.2) is 21.0 Å². The van der Waals surface area contributed by atoms with Crippen molar-refractivity contribution in [1.82, 2.24) is 25.6 Å². The Morgan fingerprint density at radius 2 is 1.72 bits per heavy atom. The second-order valence-corrected chi connectivity index (χ2v) is 6.63. The van der Waals surface area contributed by atoms with E-state index in [-0.39, 0.29) is 6.03 Å². The number of aromatic amines is 1. The fourth-order valence-electron chi connectivity index (χ4n) is 2.97. The van der Waals surface area contributed by atoms with E-state index in [1.54, 1.807) is 6.20 Å². The molecule has 0 bridgehead atoms. The molecule has 7 nitrogen and oxygen atoms in total. The lowest BCUT2D eigenvalue weighted by molar-refractivity contribution is 0.251. The summed E-state index contributed by atoms with van der Waals surface area (Å²) in [6, 6.07) is 21.1. The number of amides is 2. The number of H-pyrrole nitrogens is 1. The summed E-state index contributed by atoms with van der Waals surface area (Å²) in [5.74, 6) is 0.718. The molecule has 0 saturated carbocycles. The van der Waals surface area contributed by atoms with Gasteiger partial charge in [-0.25, -0.2) is 9.78 Å². The molecule has 29 heavy (non-hydrogen) atoms. The van der Waals surface area contributed by atoms with Crippen molar-refractivity contribution < 1.29 is 4.79 Å². The van der Waals surface area contributed by atoms with E-state index < -0.39 is 0 Å². The Hall–Kier alpha value is -3.71. The van der Waals surface area contributed by atoms with Gasteiger partial charge in [0.15, 0.2) is 0 Å². The van der Waals surface area contributed by atoms with E-state index >= 15 is 0 Å². The minimum Gasteiger partial charge on any atom is -0.340 e. The maximum Gasteiger partial charge on any atom is 0.319 e. The summed E-state index contributed by atoms with van der Waals surface area (Å²) in [6.07, 6.45) is 1.79. The average molecular weight is 386 g/mol. The number of pyridine rings is 1. The van der Waals surface area contributed by atoms with Gasteiger partial charge < -0.3 is 20.9 Å². The summed E-state index contributed by atoms with van der Waals surface area (Å²) >= 11 is 0. The smallest absolute Gasteiger partial charge is 0.319 e. The van der Waals surface area contributed by atoms with Gasteiger partial charge in [-0.05, 0) is 42.0 Å². The fraction of sp³-hybridized carbons (Fsp3) is 0.136. The van der Waals surface area contributed by atoms with Gasteiger partial charge in [-0.2, -0.15) is 0 Å². The van der Waals surface area contributed by atoms with Crippen LogP contribution >= 0.6 is 0 Å². The highest BCUT2D eigenvalue weighted by Gasteiger charge is 2.05. The number of hydrogen-bond donors (Lipinski definition) is 4. The van der Waals surface area contributed by atoms with Crippen molar-refractivity contribution >= 4 is 22.8 Å². The standard InChI is InChI=1S/C22H22N6O/c29-22(25-15-21-27-19-6-1-2-7-20(19)28-21)26-17-10-8-16(9-11-17)13-23-14-18-5-3-4-12-24-18/h1-12,23H,13-15H2,(H,27,28)(H2,25,26,29). The molecule has 4 rings (SSSR count). The zero-order valence-electron chi connectivity index (χ0n) is 15.9.